The van der Waals surface area contributed by atoms with Crippen molar-refractivity contribution in [3.8, 4) is 0 Å². The molecule has 3 atom stereocenters. The third-order valence-electron chi connectivity index (χ3n) is 4.88. The van der Waals surface area contributed by atoms with E-state index in [4.69, 9.17) is 5.73 Å². The molecule has 0 aromatic rings. The number of carbonyl (C=O) groups is 1. The van der Waals surface area contributed by atoms with E-state index in [1.54, 1.807) is 0 Å². The lowest BCUT2D eigenvalue weighted by molar-refractivity contribution is -0.142. The van der Waals surface area contributed by atoms with Gasteiger partial charge in [-0.25, -0.2) is 0 Å². The highest BCUT2D eigenvalue weighted by atomic mass is 16.4. The number of carboxylic acid groups (broad SMARTS) is 1. The monoisotopic (exact) mass is 241 g/mol. The second kappa shape index (κ2) is 5.38. The first-order valence-electron chi connectivity index (χ1n) is 6.81. The normalized spacial score (nSPS) is 32.4. The fourth-order valence-electron chi connectivity index (χ4n) is 3.81. The molecule has 1 aliphatic carbocycles. The molecule has 2 unspecified atom stereocenters. The second-order valence-electron chi connectivity index (χ2n) is 6.21. The highest BCUT2D eigenvalue weighted by Crippen LogP contribution is 2.56. The minimum atomic E-state index is -0.704. The SMILES string of the molecule is CCC[C@@](CN)(CC(=O)O)C1(C)CCC(C)C1. The molecule has 0 bridgehead atoms. The van der Waals surface area contributed by atoms with Gasteiger partial charge in [-0.05, 0) is 42.6 Å². The van der Waals surface area contributed by atoms with Gasteiger partial charge >= 0.3 is 5.97 Å². The van der Waals surface area contributed by atoms with Crippen molar-refractivity contribution in [2.45, 2.75) is 59.3 Å². The molecule has 0 spiro atoms. The van der Waals surface area contributed by atoms with E-state index in [0.717, 1.165) is 25.7 Å². The predicted octanol–water partition coefficient (Wildman–Crippen LogP) is 3.03. The third-order valence-corrected chi connectivity index (χ3v) is 4.88. The maximum atomic E-state index is 11.2. The fourth-order valence-corrected chi connectivity index (χ4v) is 3.81. The first-order chi connectivity index (χ1) is 7.89. The van der Waals surface area contributed by atoms with Crippen LogP contribution in [-0.4, -0.2) is 17.6 Å². The summed E-state index contributed by atoms with van der Waals surface area (Å²) in [6.45, 7) is 7.13. The van der Waals surface area contributed by atoms with E-state index in [-0.39, 0.29) is 17.3 Å². The van der Waals surface area contributed by atoms with Crippen LogP contribution in [0.1, 0.15) is 59.3 Å². The van der Waals surface area contributed by atoms with Crippen molar-refractivity contribution in [2.24, 2.45) is 22.5 Å². The van der Waals surface area contributed by atoms with Crippen LogP contribution < -0.4 is 5.73 Å². The van der Waals surface area contributed by atoms with Crippen LogP contribution in [0.5, 0.6) is 0 Å². The Balaban J connectivity index is 2.98. The highest BCUT2D eigenvalue weighted by Gasteiger charge is 2.50. The quantitative estimate of drug-likeness (QED) is 0.751. The Morgan fingerprint density at radius 1 is 1.59 bits per heavy atom. The number of aliphatic carboxylic acids is 1. The summed E-state index contributed by atoms with van der Waals surface area (Å²) in [7, 11) is 0. The zero-order valence-electron chi connectivity index (χ0n) is 11.5. The molecule has 3 heteroatoms. The molecule has 3 nitrogen and oxygen atoms in total. The van der Waals surface area contributed by atoms with E-state index >= 15 is 0 Å². The molecule has 17 heavy (non-hydrogen) atoms. The van der Waals surface area contributed by atoms with E-state index < -0.39 is 5.97 Å². The van der Waals surface area contributed by atoms with Gasteiger partial charge < -0.3 is 10.8 Å². The van der Waals surface area contributed by atoms with E-state index in [0.29, 0.717) is 12.5 Å². The average Bonchev–Trinajstić information content (AvgIpc) is 2.58. The zero-order valence-corrected chi connectivity index (χ0v) is 11.5. The Kier molecular flexibility index (Phi) is 4.59. The molecule has 1 aliphatic rings. The number of hydrogen-bond donors (Lipinski definition) is 2. The molecule has 0 radical (unpaired) electrons. The summed E-state index contributed by atoms with van der Waals surface area (Å²) >= 11 is 0. The zero-order chi connectivity index (χ0) is 13.1. The minimum absolute atomic E-state index is 0.107. The van der Waals surface area contributed by atoms with Crippen LogP contribution in [0.4, 0.5) is 0 Å². The largest absolute Gasteiger partial charge is 0.481 e. The second-order valence-corrected chi connectivity index (χ2v) is 6.21. The lowest BCUT2D eigenvalue weighted by Gasteiger charge is -2.46. The van der Waals surface area contributed by atoms with Crippen molar-refractivity contribution >= 4 is 5.97 Å². The molecule has 3 N–H and O–H groups in total. The number of carboxylic acids is 1. The molecule has 1 saturated carbocycles. The standard InChI is InChI=1S/C14H27NO2/c1-4-6-14(10-15,9-12(16)17)13(3)7-5-11(2)8-13/h11H,4-10,15H2,1-3H3,(H,16,17)/t11?,13?,14-/m0/s1. The van der Waals surface area contributed by atoms with Gasteiger partial charge in [0.05, 0.1) is 6.42 Å². The van der Waals surface area contributed by atoms with Crippen molar-refractivity contribution in [2.75, 3.05) is 6.54 Å². The maximum Gasteiger partial charge on any atom is 0.303 e. The summed E-state index contributed by atoms with van der Waals surface area (Å²) in [5.41, 5.74) is 5.89. The first kappa shape index (κ1) is 14.5. The summed E-state index contributed by atoms with van der Waals surface area (Å²) < 4.78 is 0. The van der Waals surface area contributed by atoms with Crippen LogP contribution >= 0.6 is 0 Å². The lowest BCUT2D eigenvalue weighted by Crippen LogP contribution is -2.46. The van der Waals surface area contributed by atoms with Crippen molar-refractivity contribution < 1.29 is 9.90 Å². The van der Waals surface area contributed by atoms with E-state index in [9.17, 15) is 9.90 Å². The maximum absolute atomic E-state index is 11.2. The van der Waals surface area contributed by atoms with Gasteiger partial charge in [0.1, 0.15) is 0 Å². The number of hydrogen-bond acceptors (Lipinski definition) is 2. The topological polar surface area (TPSA) is 63.3 Å². The van der Waals surface area contributed by atoms with Gasteiger partial charge in [-0.1, -0.05) is 33.6 Å². The van der Waals surface area contributed by atoms with Gasteiger partial charge in [0, 0.05) is 0 Å². The fraction of sp³-hybridized carbons (Fsp3) is 0.929. The molecule has 0 amide bonds. The number of nitrogens with two attached hydrogens (primary N) is 1. The van der Waals surface area contributed by atoms with E-state index in [2.05, 4.69) is 20.8 Å². The molecule has 0 aliphatic heterocycles. The smallest absolute Gasteiger partial charge is 0.303 e. The van der Waals surface area contributed by atoms with Gasteiger partial charge in [0.25, 0.3) is 0 Å². The molecule has 0 aromatic carbocycles. The van der Waals surface area contributed by atoms with E-state index in [1.165, 1.54) is 6.42 Å². The average molecular weight is 241 g/mol. The lowest BCUT2D eigenvalue weighted by atomic mass is 9.59. The van der Waals surface area contributed by atoms with Crippen LogP contribution in [0.15, 0.2) is 0 Å². The minimum Gasteiger partial charge on any atom is -0.481 e. The Labute approximate surface area is 105 Å². The van der Waals surface area contributed by atoms with Crippen LogP contribution in [-0.2, 0) is 4.79 Å². The highest BCUT2D eigenvalue weighted by molar-refractivity contribution is 5.68. The molecular weight excluding hydrogens is 214 g/mol. The molecule has 0 heterocycles. The summed E-state index contributed by atoms with van der Waals surface area (Å²) in [4.78, 5) is 11.2. The first-order valence-corrected chi connectivity index (χ1v) is 6.81. The molecule has 1 rings (SSSR count). The van der Waals surface area contributed by atoms with Gasteiger partial charge in [0.2, 0.25) is 0 Å². The van der Waals surface area contributed by atoms with Crippen molar-refractivity contribution in [3.63, 3.8) is 0 Å². The Bertz CT molecular complexity index is 279. The molecular formula is C14H27NO2. The summed E-state index contributed by atoms with van der Waals surface area (Å²) in [5.74, 6) is 0.00116. The van der Waals surface area contributed by atoms with Gasteiger partial charge in [-0.3, -0.25) is 4.79 Å². The van der Waals surface area contributed by atoms with Gasteiger partial charge in [-0.2, -0.15) is 0 Å². The summed E-state index contributed by atoms with van der Waals surface area (Å²) in [5, 5.41) is 9.19. The van der Waals surface area contributed by atoms with Gasteiger partial charge in [0.15, 0.2) is 0 Å². The molecule has 1 fully saturated rings. The van der Waals surface area contributed by atoms with Gasteiger partial charge in [-0.15, -0.1) is 0 Å². The Morgan fingerprint density at radius 2 is 2.24 bits per heavy atom. The third kappa shape index (κ3) is 2.82. The molecule has 100 valence electrons. The van der Waals surface area contributed by atoms with Crippen LogP contribution in [0.2, 0.25) is 0 Å². The van der Waals surface area contributed by atoms with Crippen LogP contribution in [0.3, 0.4) is 0 Å². The Morgan fingerprint density at radius 3 is 2.59 bits per heavy atom. The van der Waals surface area contributed by atoms with Crippen LogP contribution in [0.25, 0.3) is 0 Å². The summed E-state index contributed by atoms with van der Waals surface area (Å²) in [6.07, 6.45) is 5.62. The van der Waals surface area contributed by atoms with Crippen molar-refractivity contribution in [3.05, 3.63) is 0 Å². The van der Waals surface area contributed by atoms with Crippen LogP contribution in [0, 0.1) is 16.7 Å². The van der Waals surface area contributed by atoms with E-state index in [1.807, 2.05) is 0 Å². The summed E-state index contributed by atoms with van der Waals surface area (Å²) in [6, 6.07) is 0. The van der Waals surface area contributed by atoms with Crippen molar-refractivity contribution in [1.82, 2.24) is 0 Å². The molecule has 0 saturated heterocycles. The molecule has 0 aromatic heterocycles. The Hall–Kier alpha value is -0.570. The number of rotatable bonds is 6. The predicted molar refractivity (Wildman–Crippen MR) is 69.8 cm³/mol. The van der Waals surface area contributed by atoms with Crippen molar-refractivity contribution in [1.29, 1.82) is 0 Å².